The number of piperazine rings is 1. The molecule has 0 saturated carbocycles. The van der Waals surface area contributed by atoms with E-state index in [0.717, 1.165) is 31.7 Å². The Bertz CT molecular complexity index is 878. The van der Waals surface area contributed by atoms with E-state index < -0.39 is 0 Å². The summed E-state index contributed by atoms with van der Waals surface area (Å²) in [7, 11) is 2.08. The highest BCUT2D eigenvalue weighted by Crippen LogP contribution is 2.31. The van der Waals surface area contributed by atoms with Gasteiger partial charge in [0.15, 0.2) is 5.78 Å². The van der Waals surface area contributed by atoms with Gasteiger partial charge in [0.1, 0.15) is 0 Å². The molecular weight excluding hydrogens is 324 g/mol. The van der Waals surface area contributed by atoms with Gasteiger partial charge in [0.2, 0.25) is 5.78 Å². The summed E-state index contributed by atoms with van der Waals surface area (Å²) in [6.45, 7) is 3.33. The fourth-order valence-corrected chi connectivity index (χ4v) is 3.74. The summed E-state index contributed by atoms with van der Waals surface area (Å²) in [4.78, 5) is 30.9. The first kappa shape index (κ1) is 16.7. The molecule has 0 unspecified atom stereocenters. The van der Waals surface area contributed by atoms with Crippen molar-refractivity contribution in [1.82, 2.24) is 9.80 Å². The van der Waals surface area contributed by atoms with Gasteiger partial charge in [-0.2, -0.15) is 0 Å². The van der Waals surface area contributed by atoms with Gasteiger partial charge < -0.3 is 9.80 Å². The summed E-state index contributed by atoms with van der Waals surface area (Å²) in [5.74, 6) is -0.0336. The van der Waals surface area contributed by atoms with E-state index in [-0.39, 0.29) is 11.6 Å². The van der Waals surface area contributed by atoms with Crippen LogP contribution in [0.5, 0.6) is 0 Å². The molecule has 0 bridgehead atoms. The summed E-state index contributed by atoms with van der Waals surface area (Å²) in [6.07, 6.45) is 0.488. The van der Waals surface area contributed by atoms with E-state index in [4.69, 9.17) is 0 Å². The second-order valence-corrected chi connectivity index (χ2v) is 6.98. The van der Waals surface area contributed by atoms with E-state index in [1.165, 1.54) is 0 Å². The van der Waals surface area contributed by atoms with Gasteiger partial charge in [-0.3, -0.25) is 9.59 Å². The second-order valence-electron chi connectivity index (χ2n) is 6.98. The van der Waals surface area contributed by atoms with Gasteiger partial charge in [-0.05, 0) is 12.6 Å². The first-order valence-electron chi connectivity index (χ1n) is 9.04. The first-order chi connectivity index (χ1) is 12.6. The molecule has 1 aliphatic heterocycles. The number of benzene rings is 2. The molecular formula is C22H22N2O2. The number of Topliss-reactive ketones (excluding diaryl/α,β-unsaturated/α-hetero) is 2. The molecule has 1 aliphatic carbocycles. The normalized spacial score (nSPS) is 18.3. The molecule has 0 spiro atoms. The van der Waals surface area contributed by atoms with Gasteiger partial charge in [-0.1, -0.05) is 54.6 Å². The smallest absolute Gasteiger partial charge is 0.210 e. The zero-order valence-corrected chi connectivity index (χ0v) is 14.9. The maximum absolute atomic E-state index is 13.3. The van der Waals surface area contributed by atoms with Crippen molar-refractivity contribution in [2.45, 2.75) is 6.42 Å². The Balaban J connectivity index is 1.80. The Morgan fingerprint density at radius 2 is 1.35 bits per heavy atom. The van der Waals surface area contributed by atoms with Crippen LogP contribution >= 0.6 is 0 Å². The molecule has 0 amide bonds. The molecule has 4 rings (SSSR count). The molecule has 2 aromatic rings. The summed E-state index contributed by atoms with van der Waals surface area (Å²) in [5.41, 5.74) is 3.34. The number of hydrogen-bond donors (Lipinski definition) is 0. The van der Waals surface area contributed by atoms with Crippen molar-refractivity contribution >= 4 is 11.6 Å². The number of nitrogens with zero attached hydrogens (tertiary/aromatic N) is 2. The molecule has 0 radical (unpaired) electrons. The minimum absolute atomic E-state index is 0.0158. The van der Waals surface area contributed by atoms with Crippen molar-refractivity contribution in [3.63, 3.8) is 0 Å². The molecule has 1 heterocycles. The number of carbonyl (C=O) groups is 2. The summed E-state index contributed by atoms with van der Waals surface area (Å²) < 4.78 is 0. The van der Waals surface area contributed by atoms with Crippen molar-refractivity contribution < 1.29 is 9.59 Å². The largest absolute Gasteiger partial charge is 0.365 e. The van der Waals surface area contributed by atoms with Crippen LogP contribution in [-0.2, 0) is 6.42 Å². The zero-order valence-electron chi connectivity index (χ0n) is 14.9. The fourth-order valence-electron chi connectivity index (χ4n) is 3.74. The lowest BCUT2D eigenvalue weighted by molar-refractivity contribution is 0.0914. The number of ketones is 2. The van der Waals surface area contributed by atoms with Crippen molar-refractivity contribution in [3.05, 3.63) is 82.6 Å². The van der Waals surface area contributed by atoms with Crippen molar-refractivity contribution in [2.24, 2.45) is 0 Å². The summed E-state index contributed by atoms with van der Waals surface area (Å²) in [5, 5.41) is 0. The van der Waals surface area contributed by atoms with Gasteiger partial charge in [0.25, 0.3) is 0 Å². The van der Waals surface area contributed by atoms with E-state index in [1.807, 2.05) is 42.5 Å². The molecule has 4 nitrogen and oxygen atoms in total. The van der Waals surface area contributed by atoms with Crippen LogP contribution in [0.3, 0.4) is 0 Å². The molecule has 1 saturated heterocycles. The van der Waals surface area contributed by atoms with Crippen LogP contribution in [0.2, 0.25) is 0 Å². The second kappa shape index (κ2) is 6.89. The van der Waals surface area contributed by atoms with Crippen molar-refractivity contribution in [2.75, 3.05) is 33.2 Å². The lowest BCUT2D eigenvalue weighted by Gasteiger charge is -2.37. The Hall–Kier alpha value is -2.72. The predicted molar refractivity (Wildman–Crippen MR) is 101 cm³/mol. The van der Waals surface area contributed by atoms with E-state index >= 15 is 0 Å². The topological polar surface area (TPSA) is 40.6 Å². The van der Waals surface area contributed by atoms with Gasteiger partial charge in [-0.15, -0.1) is 0 Å². The summed E-state index contributed by atoms with van der Waals surface area (Å²) >= 11 is 0. The maximum atomic E-state index is 13.3. The highest BCUT2D eigenvalue weighted by Gasteiger charge is 2.35. The molecule has 2 aromatic carbocycles. The lowest BCUT2D eigenvalue weighted by atomic mass is 9.83. The van der Waals surface area contributed by atoms with Crippen LogP contribution in [0, 0.1) is 0 Å². The van der Waals surface area contributed by atoms with Crippen LogP contribution in [0.25, 0.3) is 0 Å². The average molecular weight is 346 g/mol. The van der Waals surface area contributed by atoms with Crippen molar-refractivity contribution in [1.29, 1.82) is 0 Å². The minimum atomic E-state index is -0.0179. The van der Waals surface area contributed by atoms with Crippen molar-refractivity contribution in [3.8, 4) is 0 Å². The van der Waals surface area contributed by atoms with E-state index in [2.05, 4.69) is 16.8 Å². The summed E-state index contributed by atoms with van der Waals surface area (Å²) in [6, 6.07) is 17.1. The maximum Gasteiger partial charge on any atom is 0.210 e. The highest BCUT2D eigenvalue weighted by atomic mass is 16.1. The Morgan fingerprint density at radius 1 is 0.769 bits per heavy atom. The number of allylic oxidation sites excluding steroid dienone is 2. The van der Waals surface area contributed by atoms with Gasteiger partial charge in [-0.25, -0.2) is 0 Å². The third kappa shape index (κ3) is 2.97. The van der Waals surface area contributed by atoms with Crippen LogP contribution in [0.15, 0.2) is 65.9 Å². The monoisotopic (exact) mass is 346 g/mol. The fraction of sp³-hybridized carbons (Fsp3) is 0.273. The zero-order chi connectivity index (χ0) is 18.1. The lowest BCUT2D eigenvalue weighted by Crippen LogP contribution is -2.47. The molecule has 1 fully saturated rings. The van der Waals surface area contributed by atoms with E-state index in [9.17, 15) is 9.59 Å². The van der Waals surface area contributed by atoms with Crippen LogP contribution in [-0.4, -0.2) is 54.6 Å². The molecule has 0 atom stereocenters. The Morgan fingerprint density at radius 3 is 2.00 bits per heavy atom. The molecule has 132 valence electrons. The highest BCUT2D eigenvalue weighted by molar-refractivity contribution is 6.26. The molecule has 26 heavy (non-hydrogen) atoms. The Labute approximate surface area is 153 Å². The van der Waals surface area contributed by atoms with Gasteiger partial charge in [0.05, 0.1) is 5.70 Å². The van der Waals surface area contributed by atoms with E-state index in [1.54, 1.807) is 12.1 Å². The Kier molecular flexibility index (Phi) is 4.43. The van der Waals surface area contributed by atoms with Crippen LogP contribution < -0.4 is 0 Å². The standard InChI is InChI=1S/C22H22N2O2/c1-23-11-13-24(14-12-23)20-19(15-16-7-3-2-4-8-16)21(25)17-9-5-6-10-18(17)22(20)26/h2-10H,11-15H2,1H3. The number of hydrogen-bond acceptors (Lipinski definition) is 4. The SMILES string of the molecule is CN1CCN(C2=C(Cc3ccccc3)C(=O)c3ccccc3C2=O)CC1. The average Bonchev–Trinajstić information content (AvgIpc) is 2.68. The molecule has 4 heteroatoms. The van der Waals surface area contributed by atoms with Gasteiger partial charge in [0, 0.05) is 49.3 Å². The van der Waals surface area contributed by atoms with E-state index in [0.29, 0.717) is 28.8 Å². The number of carbonyl (C=O) groups excluding carboxylic acids is 2. The number of likely N-dealkylation sites (N-methyl/N-ethyl adjacent to an activating group) is 1. The minimum Gasteiger partial charge on any atom is -0.365 e. The molecule has 0 aromatic heterocycles. The first-order valence-corrected chi connectivity index (χ1v) is 9.04. The van der Waals surface area contributed by atoms with Crippen LogP contribution in [0.1, 0.15) is 26.3 Å². The predicted octanol–water partition coefficient (Wildman–Crippen LogP) is 2.81. The molecule has 0 N–H and O–H groups in total. The number of fused-ring (bicyclic) bond motifs is 1. The van der Waals surface area contributed by atoms with Crippen LogP contribution in [0.4, 0.5) is 0 Å². The molecule has 2 aliphatic rings. The number of rotatable bonds is 3. The third-order valence-corrected chi connectivity index (χ3v) is 5.23. The van der Waals surface area contributed by atoms with Gasteiger partial charge >= 0.3 is 0 Å². The quantitative estimate of drug-likeness (QED) is 0.857. The third-order valence-electron chi connectivity index (χ3n) is 5.23.